The third-order valence-corrected chi connectivity index (χ3v) is 6.31. The summed E-state index contributed by atoms with van der Waals surface area (Å²) in [5.41, 5.74) is 0.417. The molecule has 170 valence electrons. The molecule has 2 fully saturated rings. The Kier molecular flexibility index (Phi) is 6.39. The first-order valence-corrected chi connectivity index (χ1v) is 11.1. The van der Waals surface area contributed by atoms with Gasteiger partial charge in [0.15, 0.2) is 0 Å². The molecule has 6 nitrogen and oxygen atoms in total. The van der Waals surface area contributed by atoms with Gasteiger partial charge in [-0.2, -0.15) is 0 Å². The monoisotopic (exact) mass is 442 g/mol. The number of pyridine rings is 1. The van der Waals surface area contributed by atoms with Crippen molar-refractivity contribution < 1.29 is 18.4 Å². The second kappa shape index (κ2) is 9.22. The number of amides is 2. The highest BCUT2D eigenvalue weighted by molar-refractivity contribution is 5.95. The Labute approximate surface area is 186 Å². The number of nitrogens with one attached hydrogen (secondary N) is 1. The minimum Gasteiger partial charge on any atom is -0.352 e. The summed E-state index contributed by atoms with van der Waals surface area (Å²) in [4.78, 5) is 33.3. The van der Waals surface area contributed by atoms with E-state index in [2.05, 4.69) is 15.2 Å². The summed E-state index contributed by atoms with van der Waals surface area (Å²) >= 11 is 0. The smallest absolute Gasteiger partial charge is 0.257 e. The molecule has 2 amide bonds. The van der Waals surface area contributed by atoms with Crippen LogP contribution in [0.15, 0.2) is 36.5 Å². The standard InChI is InChI=1S/C24H28F2N4O2/c1-15(2)23(31)28-18-7-9-22(27-12-18)30-10-4-3-5-16-13-29(14-21(16)30)24(32)19-11-17(25)6-8-20(19)26/h6-9,11-12,15-16,21H,3-5,10,13-14H2,1-2H3,(H,28,31)/t16-,21+/m1/s1. The Bertz CT molecular complexity index is 996. The molecule has 3 heterocycles. The highest BCUT2D eigenvalue weighted by atomic mass is 19.1. The number of halogens is 2. The average molecular weight is 443 g/mol. The molecule has 8 heteroatoms. The molecular weight excluding hydrogens is 414 g/mol. The highest BCUT2D eigenvalue weighted by Crippen LogP contribution is 2.33. The summed E-state index contributed by atoms with van der Waals surface area (Å²) in [5.74, 6) is -0.972. The fourth-order valence-corrected chi connectivity index (χ4v) is 4.54. The van der Waals surface area contributed by atoms with E-state index in [0.29, 0.717) is 18.8 Å². The molecule has 2 atom stereocenters. The van der Waals surface area contributed by atoms with Crippen molar-refractivity contribution in [3.05, 3.63) is 53.7 Å². The molecule has 32 heavy (non-hydrogen) atoms. The van der Waals surface area contributed by atoms with Crippen molar-refractivity contribution in [2.45, 2.75) is 39.2 Å². The molecule has 2 saturated heterocycles. The van der Waals surface area contributed by atoms with Crippen molar-refractivity contribution in [3.63, 3.8) is 0 Å². The van der Waals surface area contributed by atoms with E-state index in [1.807, 2.05) is 26.0 Å². The van der Waals surface area contributed by atoms with Crippen LogP contribution in [0, 0.1) is 23.5 Å². The number of rotatable bonds is 4. The van der Waals surface area contributed by atoms with Crippen LogP contribution in [-0.2, 0) is 4.79 Å². The summed E-state index contributed by atoms with van der Waals surface area (Å²) in [6.07, 6.45) is 4.68. The number of aromatic nitrogens is 1. The highest BCUT2D eigenvalue weighted by Gasteiger charge is 2.40. The fourth-order valence-electron chi connectivity index (χ4n) is 4.54. The molecule has 2 aliphatic rings. The number of carbonyl (C=O) groups excluding carboxylic acids is 2. The van der Waals surface area contributed by atoms with Gasteiger partial charge in [0.1, 0.15) is 17.5 Å². The molecule has 4 rings (SSSR count). The summed E-state index contributed by atoms with van der Waals surface area (Å²) in [5, 5.41) is 2.84. The first kappa shape index (κ1) is 22.2. The molecule has 1 N–H and O–H groups in total. The Balaban J connectivity index is 1.52. The SMILES string of the molecule is CC(C)C(=O)Nc1ccc(N2CCCC[C@@H]3CN(C(=O)c4cc(F)ccc4F)C[C@@H]32)nc1. The number of fused-ring (bicyclic) bond motifs is 1. The predicted octanol–water partition coefficient (Wildman–Crippen LogP) is 4.09. The Morgan fingerprint density at radius 2 is 1.94 bits per heavy atom. The van der Waals surface area contributed by atoms with Gasteiger partial charge in [0, 0.05) is 25.6 Å². The maximum atomic E-state index is 14.2. The molecule has 1 aromatic carbocycles. The lowest BCUT2D eigenvalue weighted by molar-refractivity contribution is -0.118. The summed E-state index contributed by atoms with van der Waals surface area (Å²) in [6, 6.07) is 6.75. The molecule has 2 aliphatic heterocycles. The summed E-state index contributed by atoms with van der Waals surface area (Å²) in [6.45, 7) is 5.42. The normalized spacial score (nSPS) is 20.8. The third-order valence-electron chi connectivity index (χ3n) is 6.31. The second-order valence-electron chi connectivity index (χ2n) is 8.90. The number of hydrogen-bond acceptors (Lipinski definition) is 4. The van der Waals surface area contributed by atoms with Gasteiger partial charge in [-0.25, -0.2) is 13.8 Å². The van der Waals surface area contributed by atoms with Crippen LogP contribution >= 0.6 is 0 Å². The van der Waals surface area contributed by atoms with Crippen molar-refractivity contribution in [1.29, 1.82) is 0 Å². The zero-order chi connectivity index (χ0) is 22.8. The number of benzene rings is 1. The van der Waals surface area contributed by atoms with Crippen LogP contribution in [0.5, 0.6) is 0 Å². The molecule has 1 aromatic heterocycles. The first-order chi connectivity index (χ1) is 15.3. The van der Waals surface area contributed by atoms with Crippen LogP contribution in [-0.4, -0.2) is 47.4 Å². The molecule has 0 radical (unpaired) electrons. The van der Waals surface area contributed by atoms with E-state index in [1.165, 1.54) is 0 Å². The lowest BCUT2D eigenvalue weighted by Crippen LogP contribution is -2.41. The minimum atomic E-state index is -0.707. The number of carbonyl (C=O) groups is 2. The Morgan fingerprint density at radius 1 is 1.12 bits per heavy atom. The topological polar surface area (TPSA) is 65.5 Å². The Morgan fingerprint density at radius 3 is 2.66 bits per heavy atom. The van der Waals surface area contributed by atoms with Gasteiger partial charge in [0.25, 0.3) is 5.91 Å². The minimum absolute atomic E-state index is 0.0571. The van der Waals surface area contributed by atoms with E-state index >= 15 is 0 Å². The van der Waals surface area contributed by atoms with Gasteiger partial charge in [-0.15, -0.1) is 0 Å². The Hall–Kier alpha value is -3.03. The van der Waals surface area contributed by atoms with Gasteiger partial charge < -0.3 is 15.1 Å². The third kappa shape index (κ3) is 4.59. The summed E-state index contributed by atoms with van der Waals surface area (Å²) < 4.78 is 27.8. The van der Waals surface area contributed by atoms with Crippen LogP contribution in [0.1, 0.15) is 43.5 Å². The van der Waals surface area contributed by atoms with Crippen molar-refractivity contribution >= 4 is 23.3 Å². The zero-order valence-corrected chi connectivity index (χ0v) is 18.4. The van der Waals surface area contributed by atoms with Crippen LogP contribution in [0.2, 0.25) is 0 Å². The van der Waals surface area contributed by atoms with Gasteiger partial charge in [-0.3, -0.25) is 9.59 Å². The second-order valence-corrected chi connectivity index (χ2v) is 8.90. The number of likely N-dealkylation sites (tertiary alicyclic amines) is 1. The van der Waals surface area contributed by atoms with E-state index in [-0.39, 0.29) is 29.3 Å². The van der Waals surface area contributed by atoms with Crippen LogP contribution in [0.3, 0.4) is 0 Å². The van der Waals surface area contributed by atoms with Crippen molar-refractivity contribution in [1.82, 2.24) is 9.88 Å². The molecule has 2 aromatic rings. The zero-order valence-electron chi connectivity index (χ0n) is 18.4. The predicted molar refractivity (Wildman–Crippen MR) is 118 cm³/mol. The van der Waals surface area contributed by atoms with Crippen LogP contribution in [0.4, 0.5) is 20.3 Å². The largest absolute Gasteiger partial charge is 0.352 e. The van der Waals surface area contributed by atoms with Gasteiger partial charge >= 0.3 is 0 Å². The van der Waals surface area contributed by atoms with Crippen LogP contribution < -0.4 is 10.2 Å². The van der Waals surface area contributed by atoms with E-state index in [0.717, 1.165) is 49.8 Å². The van der Waals surface area contributed by atoms with Crippen molar-refractivity contribution in [3.8, 4) is 0 Å². The molecule has 0 unspecified atom stereocenters. The van der Waals surface area contributed by atoms with E-state index < -0.39 is 17.5 Å². The van der Waals surface area contributed by atoms with Gasteiger partial charge in [-0.05, 0) is 49.1 Å². The van der Waals surface area contributed by atoms with Gasteiger partial charge in [-0.1, -0.05) is 20.3 Å². The van der Waals surface area contributed by atoms with E-state index in [1.54, 1.807) is 11.1 Å². The molecular formula is C24H28F2N4O2. The lowest BCUT2D eigenvalue weighted by atomic mass is 9.98. The maximum Gasteiger partial charge on any atom is 0.257 e. The van der Waals surface area contributed by atoms with Crippen molar-refractivity contribution in [2.24, 2.45) is 11.8 Å². The first-order valence-electron chi connectivity index (χ1n) is 11.1. The summed E-state index contributed by atoms with van der Waals surface area (Å²) in [7, 11) is 0. The quantitative estimate of drug-likeness (QED) is 0.775. The van der Waals surface area contributed by atoms with E-state index in [4.69, 9.17) is 0 Å². The maximum absolute atomic E-state index is 14.2. The number of hydrogen-bond donors (Lipinski definition) is 1. The van der Waals surface area contributed by atoms with Gasteiger partial charge in [0.2, 0.25) is 5.91 Å². The van der Waals surface area contributed by atoms with Crippen molar-refractivity contribution in [2.75, 3.05) is 29.9 Å². The van der Waals surface area contributed by atoms with Crippen LogP contribution in [0.25, 0.3) is 0 Å². The fraction of sp³-hybridized carbons (Fsp3) is 0.458. The number of nitrogens with zero attached hydrogens (tertiary/aromatic N) is 3. The lowest BCUT2D eigenvalue weighted by Gasteiger charge is -2.31. The van der Waals surface area contributed by atoms with E-state index in [9.17, 15) is 18.4 Å². The number of anilines is 2. The molecule has 0 aliphatic carbocycles. The molecule has 0 saturated carbocycles. The average Bonchev–Trinajstić information content (AvgIpc) is 3.09. The van der Waals surface area contributed by atoms with Gasteiger partial charge in [0.05, 0.1) is 23.5 Å². The molecule has 0 bridgehead atoms. The molecule has 0 spiro atoms.